The number of aliphatic hydroxyl groups excluding tert-OH is 2. The van der Waals surface area contributed by atoms with Gasteiger partial charge >= 0.3 is 5.97 Å². The molecule has 0 aliphatic rings. The van der Waals surface area contributed by atoms with Gasteiger partial charge in [0, 0.05) is 12.8 Å². The number of allylic oxidation sites excluding steroid dienone is 4. The van der Waals surface area contributed by atoms with Crippen molar-refractivity contribution in [2.45, 2.75) is 501 Å². The SMILES string of the molecule is CCCCCCCCCCCCCCCCCCCCCCCCCCCC(O)C(CO)NC(=O)CCCCCCCCCCCCCCCCCCC/C=C\C/C=C\CCCCCCCCCCCOC(=O)CCCCCCCCCCCCCCCCCCC. The van der Waals surface area contributed by atoms with E-state index < -0.39 is 12.1 Å². The third-order valence-corrected chi connectivity index (χ3v) is 20.3. The van der Waals surface area contributed by atoms with Crippen molar-refractivity contribution in [2.75, 3.05) is 13.2 Å². The molecule has 0 aromatic rings. The minimum Gasteiger partial charge on any atom is -0.466 e. The van der Waals surface area contributed by atoms with E-state index in [0.717, 1.165) is 44.9 Å². The molecule has 0 aromatic carbocycles. The molecule has 0 spiro atoms. The summed E-state index contributed by atoms with van der Waals surface area (Å²) < 4.78 is 5.51. The molecule has 0 heterocycles. The lowest BCUT2D eigenvalue weighted by molar-refractivity contribution is -0.143. The minimum atomic E-state index is -0.665. The Morgan fingerprint density at radius 3 is 0.826 bits per heavy atom. The molecule has 0 aliphatic heterocycles. The number of rotatable bonds is 81. The summed E-state index contributed by atoms with van der Waals surface area (Å²) in [5.74, 6) is -0.00733. The van der Waals surface area contributed by atoms with Crippen molar-refractivity contribution >= 4 is 11.9 Å². The quantitative estimate of drug-likeness (QED) is 0.0320. The number of carbonyl (C=O) groups excluding carboxylic acids is 2. The second-order valence-corrected chi connectivity index (χ2v) is 29.5. The topological polar surface area (TPSA) is 95.9 Å². The van der Waals surface area contributed by atoms with Gasteiger partial charge in [-0.2, -0.15) is 0 Å². The third kappa shape index (κ3) is 77.3. The van der Waals surface area contributed by atoms with E-state index in [-0.39, 0.29) is 18.5 Å². The molecule has 546 valence electrons. The van der Waals surface area contributed by atoms with Gasteiger partial charge < -0.3 is 20.3 Å². The maximum Gasteiger partial charge on any atom is 0.305 e. The van der Waals surface area contributed by atoms with E-state index in [1.165, 1.54) is 411 Å². The number of aliphatic hydroxyl groups is 2. The largest absolute Gasteiger partial charge is 0.466 e. The molecule has 0 radical (unpaired) electrons. The van der Waals surface area contributed by atoms with Gasteiger partial charge in [-0.1, -0.05) is 443 Å². The van der Waals surface area contributed by atoms with Crippen LogP contribution in [0.3, 0.4) is 0 Å². The van der Waals surface area contributed by atoms with Gasteiger partial charge in [0.2, 0.25) is 5.91 Å². The number of hydrogen-bond acceptors (Lipinski definition) is 5. The molecule has 0 aromatic heterocycles. The summed E-state index contributed by atoms with van der Waals surface area (Å²) in [6.07, 6.45) is 106. The summed E-state index contributed by atoms with van der Waals surface area (Å²) in [6.45, 7) is 5.02. The Kier molecular flexibility index (Phi) is 80.3. The second-order valence-electron chi connectivity index (χ2n) is 29.5. The molecular weight excluding hydrogens is 1130 g/mol. The highest BCUT2D eigenvalue weighted by Crippen LogP contribution is 2.21. The van der Waals surface area contributed by atoms with Gasteiger partial charge in [-0.25, -0.2) is 0 Å². The van der Waals surface area contributed by atoms with E-state index in [0.29, 0.717) is 25.9 Å². The lowest BCUT2D eigenvalue weighted by Crippen LogP contribution is -2.45. The maximum atomic E-state index is 12.6. The number of amides is 1. The molecule has 92 heavy (non-hydrogen) atoms. The molecule has 0 aliphatic carbocycles. The Hall–Kier alpha value is -1.66. The number of hydrogen-bond donors (Lipinski definition) is 3. The first-order valence-corrected chi connectivity index (χ1v) is 42.6. The smallest absolute Gasteiger partial charge is 0.305 e. The van der Waals surface area contributed by atoms with Crippen molar-refractivity contribution < 1.29 is 24.5 Å². The fourth-order valence-corrected chi connectivity index (χ4v) is 13.8. The predicted octanol–water partition coefficient (Wildman–Crippen LogP) is 28.4. The van der Waals surface area contributed by atoms with Crippen LogP contribution in [0.1, 0.15) is 489 Å². The van der Waals surface area contributed by atoms with Crippen molar-refractivity contribution in [3.8, 4) is 0 Å². The van der Waals surface area contributed by atoms with Gasteiger partial charge in [0.05, 0.1) is 25.4 Å². The van der Waals surface area contributed by atoms with Crippen LogP contribution >= 0.6 is 0 Å². The summed E-state index contributed by atoms with van der Waals surface area (Å²) in [5.41, 5.74) is 0. The summed E-state index contributed by atoms with van der Waals surface area (Å²) in [5, 5.41) is 23.5. The highest BCUT2D eigenvalue weighted by atomic mass is 16.5. The van der Waals surface area contributed by atoms with E-state index in [1.54, 1.807) is 0 Å². The van der Waals surface area contributed by atoms with Crippen LogP contribution in [-0.2, 0) is 14.3 Å². The average molecular weight is 1300 g/mol. The van der Waals surface area contributed by atoms with Crippen LogP contribution in [0, 0.1) is 0 Å². The van der Waals surface area contributed by atoms with Crippen molar-refractivity contribution in [1.82, 2.24) is 5.32 Å². The predicted molar refractivity (Wildman–Crippen MR) is 407 cm³/mol. The Balaban J connectivity index is 3.37. The molecule has 0 rings (SSSR count). The van der Waals surface area contributed by atoms with Crippen LogP contribution in [0.15, 0.2) is 24.3 Å². The highest BCUT2D eigenvalue weighted by Gasteiger charge is 2.20. The number of ether oxygens (including phenoxy) is 1. The fraction of sp³-hybridized carbons (Fsp3) is 0.930. The first-order valence-electron chi connectivity index (χ1n) is 42.6. The van der Waals surface area contributed by atoms with Crippen LogP contribution < -0.4 is 5.32 Å². The second kappa shape index (κ2) is 81.8. The molecule has 0 saturated carbocycles. The van der Waals surface area contributed by atoms with E-state index in [1.807, 2.05) is 0 Å². The van der Waals surface area contributed by atoms with Crippen LogP contribution in [-0.4, -0.2) is 47.4 Å². The first-order chi connectivity index (χ1) is 45.5. The van der Waals surface area contributed by atoms with Gasteiger partial charge in [-0.05, 0) is 57.8 Å². The summed E-state index contributed by atoms with van der Waals surface area (Å²) >= 11 is 0. The first kappa shape index (κ1) is 90.3. The van der Waals surface area contributed by atoms with Gasteiger partial charge in [0.15, 0.2) is 0 Å². The summed E-state index contributed by atoms with van der Waals surface area (Å²) in [4.78, 5) is 24.7. The zero-order chi connectivity index (χ0) is 66.3. The Morgan fingerprint density at radius 2 is 0.543 bits per heavy atom. The third-order valence-electron chi connectivity index (χ3n) is 20.3. The molecule has 1 amide bonds. The normalized spacial score (nSPS) is 12.5. The van der Waals surface area contributed by atoms with Crippen LogP contribution in [0.5, 0.6) is 0 Å². The van der Waals surface area contributed by atoms with Crippen molar-refractivity contribution in [3.05, 3.63) is 24.3 Å². The lowest BCUT2D eigenvalue weighted by Gasteiger charge is -2.22. The van der Waals surface area contributed by atoms with Gasteiger partial charge in [-0.3, -0.25) is 9.59 Å². The Labute approximate surface area is 577 Å². The van der Waals surface area contributed by atoms with E-state index >= 15 is 0 Å². The molecule has 2 unspecified atom stereocenters. The van der Waals surface area contributed by atoms with Gasteiger partial charge in [-0.15, -0.1) is 0 Å². The maximum absolute atomic E-state index is 12.6. The van der Waals surface area contributed by atoms with Crippen LogP contribution in [0.4, 0.5) is 0 Å². The number of esters is 1. The molecular formula is C86H167NO5. The molecule has 6 nitrogen and oxygen atoms in total. The average Bonchev–Trinajstić information content (AvgIpc) is 3.76. The van der Waals surface area contributed by atoms with Crippen molar-refractivity contribution in [2.24, 2.45) is 0 Å². The molecule has 3 N–H and O–H groups in total. The number of carbonyl (C=O) groups is 2. The molecule has 2 atom stereocenters. The monoisotopic (exact) mass is 1290 g/mol. The van der Waals surface area contributed by atoms with Crippen LogP contribution in [0.25, 0.3) is 0 Å². The van der Waals surface area contributed by atoms with E-state index in [9.17, 15) is 19.8 Å². The Morgan fingerprint density at radius 1 is 0.304 bits per heavy atom. The molecule has 6 heteroatoms. The van der Waals surface area contributed by atoms with E-state index in [4.69, 9.17) is 4.74 Å². The Bertz CT molecular complexity index is 1450. The summed E-state index contributed by atoms with van der Waals surface area (Å²) in [6, 6.07) is -0.542. The minimum absolute atomic E-state index is 0.0195. The van der Waals surface area contributed by atoms with Gasteiger partial charge in [0.1, 0.15) is 0 Å². The van der Waals surface area contributed by atoms with Gasteiger partial charge in [0.25, 0.3) is 0 Å². The fourth-order valence-electron chi connectivity index (χ4n) is 13.8. The number of unbranched alkanes of at least 4 members (excludes halogenated alkanes) is 66. The van der Waals surface area contributed by atoms with E-state index in [2.05, 4.69) is 43.5 Å². The summed E-state index contributed by atoms with van der Waals surface area (Å²) in [7, 11) is 0. The zero-order valence-corrected chi connectivity index (χ0v) is 62.8. The molecule has 0 fully saturated rings. The number of nitrogens with one attached hydrogen (secondary N) is 1. The van der Waals surface area contributed by atoms with Crippen molar-refractivity contribution in [1.29, 1.82) is 0 Å². The molecule has 0 saturated heterocycles. The molecule has 0 bridgehead atoms. The highest BCUT2D eigenvalue weighted by molar-refractivity contribution is 5.76. The van der Waals surface area contributed by atoms with Crippen molar-refractivity contribution in [3.63, 3.8) is 0 Å². The zero-order valence-electron chi connectivity index (χ0n) is 62.8. The van der Waals surface area contributed by atoms with Crippen LogP contribution in [0.2, 0.25) is 0 Å². The lowest BCUT2D eigenvalue weighted by atomic mass is 10.0. The standard InChI is InChI=1S/C86H167NO5/c1-3-5-7-9-11-13-15-17-19-21-22-23-24-34-37-40-43-47-50-54-58-62-66-70-74-78-84(89)83(82-88)87-85(90)79-75-71-67-63-59-55-51-48-44-41-38-35-32-30-28-26-25-27-29-31-33-36-39-42-45-49-53-57-61-65-69-73-77-81-92-86(91)80-76-72-68-64-60-56-52-46-20-18-16-14-12-10-8-6-4-2/h29,31,36,39,83-84,88-89H,3-28,30,32-35,37-38,40-82H2,1-2H3,(H,87,90)/b31-29-,39-36-.